The highest BCUT2D eigenvalue weighted by molar-refractivity contribution is 5.33. The number of piperazine rings is 1. The van der Waals surface area contributed by atoms with Crippen molar-refractivity contribution < 1.29 is 0 Å². The summed E-state index contributed by atoms with van der Waals surface area (Å²) < 4.78 is 0. The van der Waals surface area contributed by atoms with E-state index in [0.717, 1.165) is 37.7 Å². The number of hydrogen-bond acceptors (Lipinski definition) is 3. The Labute approximate surface area is 115 Å². The minimum Gasteiger partial charge on any atom is -0.314 e. The lowest BCUT2D eigenvalue weighted by Crippen LogP contribution is -2.45. The Morgan fingerprint density at radius 2 is 1.89 bits per heavy atom. The van der Waals surface area contributed by atoms with Gasteiger partial charge in [0.2, 0.25) is 0 Å². The first kappa shape index (κ1) is 12.7. The van der Waals surface area contributed by atoms with Gasteiger partial charge in [-0.3, -0.25) is 4.90 Å². The molecule has 3 rings (SSSR count). The van der Waals surface area contributed by atoms with Crippen LogP contribution in [-0.2, 0) is 0 Å². The maximum Gasteiger partial charge on any atom is 0.0991 e. The summed E-state index contributed by atoms with van der Waals surface area (Å²) in [7, 11) is 0. The SMILES string of the molecule is N#Cc1ccc([C@H](CC2CC2)N2CCNCC2)cc1. The molecule has 100 valence electrons. The van der Waals surface area contributed by atoms with Gasteiger partial charge >= 0.3 is 0 Å². The van der Waals surface area contributed by atoms with Crippen molar-refractivity contribution in [2.24, 2.45) is 5.92 Å². The Morgan fingerprint density at radius 1 is 1.21 bits per heavy atom. The molecule has 2 fully saturated rings. The van der Waals surface area contributed by atoms with Crippen molar-refractivity contribution in [2.45, 2.75) is 25.3 Å². The molecule has 1 saturated carbocycles. The summed E-state index contributed by atoms with van der Waals surface area (Å²) in [5, 5.41) is 12.3. The normalized spacial score (nSPS) is 21.8. The van der Waals surface area contributed by atoms with Crippen LogP contribution in [0.15, 0.2) is 24.3 Å². The highest BCUT2D eigenvalue weighted by Gasteiger charge is 2.30. The standard InChI is InChI=1S/C16H21N3/c17-12-14-3-5-15(6-4-14)16(11-13-1-2-13)19-9-7-18-8-10-19/h3-6,13,16,18H,1-2,7-11H2/t16-/m0/s1. The largest absolute Gasteiger partial charge is 0.314 e. The van der Waals surface area contributed by atoms with Crippen LogP contribution in [0.1, 0.15) is 36.4 Å². The molecule has 3 nitrogen and oxygen atoms in total. The summed E-state index contributed by atoms with van der Waals surface area (Å²) in [5.74, 6) is 0.926. The van der Waals surface area contributed by atoms with Crippen molar-refractivity contribution in [2.75, 3.05) is 26.2 Å². The second kappa shape index (κ2) is 5.73. The molecule has 0 amide bonds. The van der Waals surface area contributed by atoms with Crippen molar-refractivity contribution in [1.82, 2.24) is 10.2 Å². The molecule has 1 aromatic carbocycles. The Kier molecular flexibility index (Phi) is 3.82. The first-order valence-corrected chi connectivity index (χ1v) is 7.31. The van der Waals surface area contributed by atoms with E-state index in [1.165, 1.54) is 24.8 Å². The van der Waals surface area contributed by atoms with Crippen molar-refractivity contribution in [1.29, 1.82) is 5.26 Å². The minimum absolute atomic E-state index is 0.544. The monoisotopic (exact) mass is 255 g/mol. The number of nitriles is 1. The maximum atomic E-state index is 8.90. The number of hydrogen-bond donors (Lipinski definition) is 1. The van der Waals surface area contributed by atoms with Crippen molar-refractivity contribution in [3.63, 3.8) is 0 Å². The van der Waals surface area contributed by atoms with Gasteiger partial charge in [0.1, 0.15) is 0 Å². The van der Waals surface area contributed by atoms with E-state index in [1.54, 1.807) is 0 Å². The maximum absolute atomic E-state index is 8.90. The first-order chi connectivity index (χ1) is 9.36. The van der Waals surface area contributed by atoms with Gasteiger partial charge in [0, 0.05) is 32.2 Å². The highest BCUT2D eigenvalue weighted by atomic mass is 15.2. The lowest BCUT2D eigenvalue weighted by Gasteiger charge is -2.35. The van der Waals surface area contributed by atoms with Gasteiger partial charge < -0.3 is 5.32 Å². The quantitative estimate of drug-likeness (QED) is 0.897. The molecule has 2 aliphatic rings. The number of benzene rings is 1. The summed E-state index contributed by atoms with van der Waals surface area (Å²) in [5.41, 5.74) is 2.14. The Bertz CT molecular complexity index is 450. The van der Waals surface area contributed by atoms with Gasteiger partial charge in [-0.15, -0.1) is 0 Å². The molecule has 3 heteroatoms. The molecule has 0 unspecified atom stereocenters. The first-order valence-electron chi connectivity index (χ1n) is 7.31. The van der Waals surface area contributed by atoms with Crippen LogP contribution < -0.4 is 5.32 Å². The summed E-state index contributed by atoms with van der Waals surface area (Å²) in [6, 6.07) is 11.0. The summed E-state index contributed by atoms with van der Waals surface area (Å²) in [4.78, 5) is 2.61. The van der Waals surface area contributed by atoms with Crippen molar-refractivity contribution >= 4 is 0 Å². The van der Waals surface area contributed by atoms with E-state index >= 15 is 0 Å². The van der Waals surface area contributed by atoms with Gasteiger partial charge in [-0.25, -0.2) is 0 Å². The Balaban J connectivity index is 1.77. The fraction of sp³-hybridized carbons (Fsp3) is 0.562. The van der Waals surface area contributed by atoms with Gasteiger partial charge in [0.25, 0.3) is 0 Å². The zero-order chi connectivity index (χ0) is 13.1. The molecule has 1 aliphatic carbocycles. The van der Waals surface area contributed by atoms with Gasteiger partial charge in [-0.1, -0.05) is 25.0 Å². The summed E-state index contributed by atoms with van der Waals surface area (Å²) >= 11 is 0. The zero-order valence-corrected chi connectivity index (χ0v) is 11.3. The fourth-order valence-corrected chi connectivity index (χ4v) is 2.94. The van der Waals surface area contributed by atoms with E-state index < -0.39 is 0 Å². The number of nitrogens with zero attached hydrogens (tertiary/aromatic N) is 2. The predicted molar refractivity (Wildman–Crippen MR) is 75.7 cm³/mol. The molecule has 1 saturated heterocycles. The van der Waals surface area contributed by atoms with E-state index in [4.69, 9.17) is 5.26 Å². The van der Waals surface area contributed by atoms with Crippen LogP contribution in [0.2, 0.25) is 0 Å². The molecule has 0 radical (unpaired) electrons. The van der Waals surface area contributed by atoms with Crippen LogP contribution in [0.4, 0.5) is 0 Å². The zero-order valence-electron chi connectivity index (χ0n) is 11.3. The van der Waals surface area contributed by atoms with Gasteiger partial charge in [0.15, 0.2) is 0 Å². The van der Waals surface area contributed by atoms with E-state index in [-0.39, 0.29) is 0 Å². The van der Waals surface area contributed by atoms with Crippen LogP contribution in [0.3, 0.4) is 0 Å². The number of rotatable bonds is 4. The van der Waals surface area contributed by atoms with E-state index in [2.05, 4.69) is 28.4 Å². The molecular formula is C16H21N3. The average Bonchev–Trinajstić information content (AvgIpc) is 3.30. The van der Waals surface area contributed by atoms with Crippen LogP contribution in [0, 0.1) is 17.2 Å². The second-order valence-corrected chi connectivity index (χ2v) is 5.71. The minimum atomic E-state index is 0.544. The molecule has 1 aromatic rings. The molecule has 0 aromatic heterocycles. The van der Waals surface area contributed by atoms with Crippen LogP contribution in [0.25, 0.3) is 0 Å². The molecule has 0 spiro atoms. The Morgan fingerprint density at radius 3 is 2.47 bits per heavy atom. The van der Waals surface area contributed by atoms with Gasteiger partial charge in [-0.05, 0) is 30.0 Å². The van der Waals surface area contributed by atoms with Gasteiger partial charge in [0.05, 0.1) is 11.6 Å². The average molecular weight is 255 g/mol. The topological polar surface area (TPSA) is 39.1 Å². The molecule has 19 heavy (non-hydrogen) atoms. The highest BCUT2D eigenvalue weighted by Crippen LogP contribution is 2.40. The van der Waals surface area contributed by atoms with Gasteiger partial charge in [-0.2, -0.15) is 5.26 Å². The molecule has 1 aliphatic heterocycles. The molecule has 1 heterocycles. The number of nitrogens with one attached hydrogen (secondary N) is 1. The van der Waals surface area contributed by atoms with Crippen molar-refractivity contribution in [3.05, 3.63) is 35.4 Å². The van der Waals surface area contributed by atoms with Crippen LogP contribution >= 0.6 is 0 Å². The van der Waals surface area contributed by atoms with E-state index in [9.17, 15) is 0 Å². The van der Waals surface area contributed by atoms with Crippen LogP contribution in [0.5, 0.6) is 0 Å². The third-order valence-electron chi connectivity index (χ3n) is 4.27. The van der Waals surface area contributed by atoms with E-state index in [1.807, 2.05) is 12.1 Å². The van der Waals surface area contributed by atoms with Crippen LogP contribution in [-0.4, -0.2) is 31.1 Å². The molecule has 1 N–H and O–H groups in total. The molecule has 1 atom stereocenters. The van der Waals surface area contributed by atoms with Crippen molar-refractivity contribution in [3.8, 4) is 6.07 Å². The lowest BCUT2D eigenvalue weighted by molar-refractivity contribution is 0.160. The third kappa shape index (κ3) is 3.15. The molecular weight excluding hydrogens is 234 g/mol. The Hall–Kier alpha value is -1.37. The molecule has 0 bridgehead atoms. The lowest BCUT2D eigenvalue weighted by atomic mass is 9.98. The third-order valence-corrected chi connectivity index (χ3v) is 4.27. The predicted octanol–water partition coefficient (Wildman–Crippen LogP) is 2.30. The smallest absolute Gasteiger partial charge is 0.0991 e. The van der Waals surface area contributed by atoms with E-state index in [0.29, 0.717) is 6.04 Å². The summed E-state index contributed by atoms with van der Waals surface area (Å²) in [6.45, 7) is 4.46. The fourth-order valence-electron chi connectivity index (χ4n) is 2.94. The second-order valence-electron chi connectivity index (χ2n) is 5.71. The summed E-state index contributed by atoms with van der Waals surface area (Å²) in [6.07, 6.45) is 4.09.